The molecule has 0 aliphatic carbocycles. The van der Waals surface area contributed by atoms with Gasteiger partial charge in [0.05, 0.1) is 16.4 Å². The number of amides is 1. The van der Waals surface area contributed by atoms with Gasteiger partial charge in [0.2, 0.25) is 5.91 Å². The second-order valence-corrected chi connectivity index (χ2v) is 5.65. The van der Waals surface area contributed by atoms with E-state index in [-0.39, 0.29) is 16.9 Å². The molecule has 20 heavy (non-hydrogen) atoms. The minimum Gasteiger partial charge on any atom is -0.392 e. The molecule has 4 heteroatoms. The molecular formula is C16H24N2OS. The highest BCUT2D eigenvalue weighted by atomic mass is 32.1. The Morgan fingerprint density at radius 2 is 1.90 bits per heavy atom. The SMILES string of the molecule is CCC(CC)(C(=O)NC(C)c1ccccc1C)C(N)=S. The fourth-order valence-corrected chi connectivity index (χ4v) is 2.90. The first kappa shape index (κ1) is 16.6. The highest BCUT2D eigenvalue weighted by Crippen LogP contribution is 2.28. The molecule has 0 aliphatic rings. The van der Waals surface area contributed by atoms with Crippen LogP contribution in [0.2, 0.25) is 0 Å². The average molecular weight is 292 g/mol. The molecule has 0 heterocycles. The molecule has 0 fully saturated rings. The third-order valence-corrected chi connectivity index (χ3v) is 4.51. The lowest BCUT2D eigenvalue weighted by Crippen LogP contribution is -2.48. The summed E-state index contributed by atoms with van der Waals surface area (Å²) in [4.78, 5) is 12.9. The van der Waals surface area contributed by atoms with Crippen molar-refractivity contribution in [2.45, 2.75) is 46.6 Å². The van der Waals surface area contributed by atoms with Gasteiger partial charge in [-0.05, 0) is 37.8 Å². The molecule has 0 bridgehead atoms. The normalized spacial score (nSPS) is 12.8. The van der Waals surface area contributed by atoms with E-state index in [2.05, 4.69) is 5.32 Å². The zero-order valence-corrected chi connectivity index (χ0v) is 13.5. The predicted molar refractivity (Wildman–Crippen MR) is 87.5 cm³/mol. The summed E-state index contributed by atoms with van der Waals surface area (Å²) < 4.78 is 0. The fraction of sp³-hybridized carbons (Fsp3) is 0.500. The number of thiocarbonyl (C=S) groups is 1. The van der Waals surface area contributed by atoms with E-state index in [0.29, 0.717) is 12.8 Å². The molecular weight excluding hydrogens is 268 g/mol. The van der Waals surface area contributed by atoms with E-state index in [1.807, 2.05) is 52.0 Å². The molecule has 3 N–H and O–H groups in total. The third-order valence-electron chi connectivity index (χ3n) is 4.12. The number of carbonyl (C=O) groups excluding carboxylic acids is 1. The lowest BCUT2D eigenvalue weighted by molar-refractivity contribution is -0.128. The highest BCUT2D eigenvalue weighted by Gasteiger charge is 2.38. The maximum atomic E-state index is 12.6. The third kappa shape index (κ3) is 3.18. The number of rotatable bonds is 6. The Morgan fingerprint density at radius 3 is 2.35 bits per heavy atom. The molecule has 1 aromatic rings. The van der Waals surface area contributed by atoms with Crippen molar-refractivity contribution in [1.82, 2.24) is 5.32 Å². The number of nitrogens with one attached hydrogen (secondary N) is 1. The maximum absolute atomic E-state index is 12.6. The van der Waals surface area contributed by atoms with E-state index < -0.39 is 5.41 Å². The van der Waals surface area contributed by atoms with Crippen molar-refractivity contribution in [3.63, 3.8) is 0 Å². The minimum absolute atomic E-state index is 0.0597. The van der Waals surface area contributed by atoms with E-state index in [4.69, 9.17) is 18.0 Å². The van der Waals surface area contributed by atoms with Gasteiger partial charge in [-0.25, -0.2) is 0 Å². The quantitative estimate of drug-likeness (QED) is 0.791. The standard InChI is InChI=1S/C16H24N2OS/c1-5-16(6-2,14(17)20)15(19)18-12(4)13-10-8-7-9-11(13)3/h7-10,12H,5-6H2,1-4H3,(H2,17,20)(H,18,19). The molecule has 1 amide bonds. The van der Waals surface area contributed by atoms with E-state index in [1.165, 1.54) is 0 Å². The fourth-order valence-electron chi connectivity index (χ4n) is 2.52. The summed E-state index contributed by atoms with van der Waals surface area (Å²) in [7, 11) is 0. The summed E-state index contributed by atoms with van der Waals surface area (Å²) in [5.74, 6) is -0.0780. The van der Waals surface area contributed by atoms with Gasteiger partial charge in [0, 0.05) is 0 Å². The molecule has 1 atom stereocenters. The Morgan fingerprint density at radius 1 is 1.35 bits per heavy atom. The number of aryl methyl sites for hydroxylation is 1. The molecule has 3 nitrogen and oxygen atoms in total. The minimum atomic E-state index is -0.744. The Hall–Kier alpha value is -1.42. The number of hydrogen-bond donors (Lipinski definition) is 2. The molecule has 1 unspecified atom stereocenters. The first-order valence-electron chi connectivity index (χ1n) is 7.05. The van der Waals surface area contributed by atoms with Crippen molar-refractivity contribution in [1.29, 1.82) is 0 Å². The lowest BCUT2D eigenvalue weighted by Gasteiger charge is -2.31. The van der Waals surface area contributed by atoms with Gasteiger partial charge in [-0.2, -0.15) is 0 Å². The molecule has 0 saturated carbocycles. The van der Waals surface area contributed by atoms with Crippen LogP contribution >= 0.6 is 12.2 Å². The zero-order chi connectivity index (χ0) is 15.3. The molecule has 0 saturated heterocycles. The van der Waals surface area contributed by atoms with Crippen molar-refractivity contribution >= 4 is 23.1 Å². The summed E-state index contributed by atoms with van der Waals surface area (Å²) in [5, 5.41) is 3.05. The summed E-state index contributed by atoms with van der Waals surface area (Å²) in [6, 6.07) is 7.98. The molecule has 0 aliphatic heterocycles. The monoisotopic (exact) mass is 292 g/mol. The molecule has 110 valence electrons. The van der Waals surface area contributed by atoms with Crippen LogP contribution in [0.1, 0.15) is 50.8 Å². The first-order chi connectivity index (χ1) is 9.39. The van der Waals surface area contributed by atoms with Gasteiger partial charge < -0.3 is 11.1 Å². The maximum Gasteiger partial charge on any atom is 0.233 e. The second-order valence-electron chi connectivity index (χ2n) is 5.21. The van der Waals surface area contributed by atoms with Crippen molar-refractivity contribution in [3.8, 4) is 0 Å². The van der Waals surface area contributed by atoms with Crippen LogP contribution in [-0.4, -0.2) is 10.9 Å². The highest BCUT2D eigenvalue weighted by molar-refractivity contribution is 7.80. The van der Waals surface area contributed by atoms with E-state index >= 15 is 0 Å². The van der Waals surface area contributed by atoms with Crippen LogP contribution in [-0.2, 0) is 4.79 Å². The number of benzene rings is 1. The van der Waals surface area contributed by atoms with Gasteiger partial charge in [0.25, 0.3) is 0 Å². The Balaban J connectivity index is 2.95. The van der Waals surface area contributed by atoms with E-state index in [9.17, 15) is 4.79 Å². The summed E-state index contributed by atoms with van der Waals surface area (Å²) in [6.07, 6.45) is 1.23. The predicted octanol–water partition coefficient (Wildman–Crippen LogP) is 3.26. The van der Waals surface area contributed by atoms with E-state index in [1.54, 1.807) is 0 Å². The largest absolute Gasteiger partial charge is 0.392 e. The summed E-state index contributed by atoms with van der Waals surface area (Å²) in [5.41, 5.74) is 7.34. The molecule has 1 aromatic carbocycles. The van der Waals surface area contributed by atoms with Gasteiger partial charge in [-0.3, -0.25) is 4.79 Å². The van der Waals surface area contributed by atoms with Gasteiger partial charge in [-0.1, -0.05) is 50.3 Å². The van der Waals surface area contributed by atoms with Crippen LogP contribution in [0.4, 0.5) is 0 Å². The first-order valence-corrected chi connectivity index (χ1v) is 7.46. The zero-order valence-electron chi connectivity index (χ0n) is 12.7. The van der Waals surface area contributed by atoms with Crippen LogP contribution in [0.3, 0.4) is 0 Å². The average Bonchev–Trinajstić information content (AvgIpc) is 2.40. The summed E-state index contributed by atoms with van der Waals surface area (Å²) in [6.45, 7) is 7.91. The van der Waals surface area contributed by atoms with Crippen molar-refractivity contribution in [2.24, 2.45) is 11.1 Å². The summed E-state index contributed by atoms with van der Waals surface area (Å²) >= 11 is 5.12. The smallest absolute Gasteiger partial charge is 0.233 e. The Labute approximate surface area is 126 Å². The van der Waals surface area contributed by atoms with Gasteiger partial charge in [-0.15, -0.1) is 0 Å². The Kier molecular flexibility index (Phi) is 5.69. The van der Waals surface area contributed by atoms with Crippen LogP contribution in [0, 0.1) is 12.3 Å². The van der Waals surface area contributed by atoms with Crippen molar-refractivity contribution < 1.29 is 4.79 Å². The van der Waals surface area contributed by atoms with Gasteiger partial charge in [0.15, 0.2) is 0 Å². The van der Waals surface area contributed by atoms with Crippen molar-refractivity contribution in [3.05, 3.63) is 35.4 Å². The number of carbonyl (C=O) groups is 1. The van der Waals surface area contributed by atoms with Crippen LogP contribution in [0.5, 0.6) is 0 Å². The van der Waals surface area contributed by atoms with Crippen LogP contribution < -0.4 is 11.1 Å². The number of nitrogens with two attached hydrogens (primary N) is 1. The number of hydrogen-bond acceptors (Lipinski definition) is 2. The Bertz CT molecular complexity index is 495. The topological polar surface area (TPSA) is 55.1 Å². The second kappa shape index (κ2) is 6.84. The van der Waals surface area contributed by atoms with Crippen molar-refractivity contribution in [2.75, 3.05) is 0 Å². The molecule has 1 rings (SSSR count). The van der Waals surface area contributed by atoms with E-state index in [0.717, 1.165) is 11.1 Å². The van der Waals surface area contributed by atoms with Gasteiger partial charge in [0.1, 0.15) is 0 Å². The van der Waals surface area contributed by atoms with Gasteiger partial charge >= 0.3 is 0 Å². The molecule has 0 radical (unpaired) electrons. The molecule has 0 aromatic heterocycles. The van der Waals surface area contributed by atoms with Crippen LogP contribution in [0.25, 0.3) is 0 Å². The lowest BCUT2D eigenvalue weighted by atomic mass is 9.81. The van der Waals surface area contributed by atoms with Crippen LogP contribution in [0.15, 0.2) is 24.3 Å². The molecule has 0 spiro atoms.